The Morgan fingerprint density at radius 2 is 2.50 bits per heavy atom. The van der Waals surface area contributed by atoms with Gasteiger partial charge in [0.15, 0.2) is 0 Å². The Balaban J connectivity index is 2.03. The molecular formula is C12H17N3S. The van der Waals surface area contributed by atoms with Gasteiger partial charge in [-0.2, -0.15) is 0 Å². The first kappa shape index (κ1) is 11.4. The van der Waals surface area contributed by atoms with E-state index in [1.807, 2.05) is 12.4 Å². The third kappa shape index (κ3) is 2.93. The van der Waals surface area contributed by atoms with Crippen LogP contribution in [0.25, 0.3) is 0 Å². The summed E-state index contributed by atoms with van der Waals surface area (Å²) < 4.78 is 0. The largest absolute Gasteiger partial charge is 0.347 e. The van der Waals surface area contributed by atoms with E-state index in [2.05, 4.69) is 39.7 Å². The Bertz CT molecular complexity index is 380. The monoisotopic (exact) mass is 235 g/mol. The normalized spacial score (nSPS) is 12.8. The molecule has 1 atom stereocenters. The van der Waals surface area contributed by atoms with Crippen molar-refractivity contribution in [3.05, 3.63) is 40.6 Å². The van der Waals surface area contributed by atoms with E-state index in [0.717, 1.165) is 25.2 Å². The predicted molar refractivity (Wildman–Crippen MR) is 67.6 cm³/mol. The molecule has 2 N–H and O–H groups in total. The van der Waals surface area contributed by atoms with Crippen LogP contribution in [0.4, 0.5) is 0 Å². The van der Waals surface area contributed by atoms with Gasteiger partial charge in [0.05, 0.1) is 6.04 Å². The molecular weight excluding hydrogens is 218 g/mol. The molecule has 2 aromatic rings. The van der Waals surface area contributed by atoms with Gasteiger partial charge < -0.3 is 10.3 Å². The molecule has 0 saturated heterocycles. The van der Waals surface area contributed by atoms with Crippen molar-refractivity contribution in [1.82, 2.24) is 15.3 Å². The molecule has 0 aliphatic carbocycles. The maximum absolute atomic E-state index is 4.34. The Hall–Kier alpha value is -1.13. The van der Waals surface area contributed by atoms with E-state index in [0.29, 0.717) is 6.04 Å². The molecule has 1 unspecified atom stereocenters. The standard InChI is InChI=1S/C12H17N3S/c1-2-5-13-11(12-14-6-7-15-12)9-10-4-3-8-16-10/h3-4,6-8,11,13H,2,5,9H2,1H3,(H,14,15). The highest BCUT2D eigenvalue weighted by molar-refractivity contribution is 7.09. The summed E-state index contributed by atoms with van der Waals surface area (Å²) in [5.74, 6) is 1.03. The summed E-state index contributed by atoms with van der Waals surface area (Å²) in [7, 11) is 0. The van der Waals surface area contributed by atoms with E-state index < -0.39 is 0 Å². The molecule has 0 aromatic carbocycles. The molecule has 2 aromatic heterocycles. The minimum atomic E-state index is 0.300. The van der Waals surface area contributed by atoms with Crippen LogP contribution in [0.15, 0.2) is 29.9 Å². The number of hydrogen-bond donors (Lipinski definition) is 2. The zero-order valence-corrected chi connectivity index (χ0v) is 10.3. The average Bonchev–Trinajstić information content (AvgIpc) is 2.96. The molecule has 0 radical (unpaired) electrons. The van der Waals surface area contributed by atoms with Gasteiger partial charge in [-0.05, 0) is 24.4 Å². The predicted octanol–water partition coefficient (Wildman–Crippen LogP) is 2.75. The van der Waals surface area contributed by atoms with E-state index in [4.69, 9.17) is 0 Å². The fraction of sp³-hybridized carbons (Fsp3) is 0.417. The average molecular weight is 235 g/mol. The number of nitrogens with one attached hydrogen (secondary N) is 2. The molecule has 0 aliphatic rings. The van der Waals surface area contributed by atoms with Crippen molar-refractivity contribution in [1.29, 1.82) is 0 Å². The van der Waals surface area contributed by atoms with E-state index in [1.54, 1.807) is 11.3 Å². The van der Waals surface area contributed by atoms with Gasteiger partial charge in [-0.15, -0.1) is 11.3 Å². The first-order chi connectivity index (χ1) is 7.90. The first-order valence-electron chi connectivity index (χ1n) is 5.65. The van der Waals surface area contributed by atoms with Gasteiger partial charge in [-0.25, -0.2) is 4.98 Å². The third-order valence-corrected chi connectivity index (χ3v) is 3.37. The lowest BCUT2D eigenvalue weighted by Crippen LogP contribution is -2.24. The number of thiophene rings is 1. The maximum Gasteiger partial charge on any atom is 0.123 e. The van der Waals surface area contributed by atoms with Crippen molar-refractivity contribution in [3.63, 3.8) is 0 Å². The lowest BCUT2D eigenvalue weighted by atomic mass is 10.1. The zero-order chi connectivity index (χ0) is 11.2. The van der Waals surface area contributed by atoms with Crippen molar-refractivity contribution < 1.29 is 0 Å². The molecule has 0 spiro atoms. The fourth-order valence-corrected chi connectivity index (χ4v) is 2.43. The SMILES string of the molecule is CCCNC(Cc1cccs1)c1ncc[nH]1. The van der Waals surface area contributed by atoms with Gasteiger partial charge in [0.1, 0.15) is 5.82 Å². The number of aromatic amines is 1. The van der Waals surface area contributed by atoms with Crippen LogP contribution in [0.3, 0.4) is 0 Å². The van der Waals surface area contributed by atoms with Gasteiger partial charge in [0.25, 0.3) is 0 Å². The highest BCUT2D eigenvalue weighted by Gasteiger charge is 2.13. The van der Waals surface area contributed by atoms with Crippen molar-refractivity contribution in [2.75, 3.05) is 6.54 Å². The topological polar surface area (TPSA) is 40.7 Å². The Morgan fingerprint density at radius 3 is 3.12 bits per heavy atom. The van der Waals surface area contributed by atoms with E-state index in [-0.39, 0.29) is 0 Å². The van der Waals surface area contributed by atoms with Gasteiger partial charge >= 0.3 is 0 Å². The smallest absolute Gasteiger partial charge is 0.123 e. The summed E-state index contributed by atoms with van der Waals surface area (Å²) >= 11 is 1.80. The molecule has 86 valence electrons. The zero-order valence-electron chi connectivity index (χ0n) is 9.44. The second-order valence-electron chi connectivity index (χ2n) is 3.76. The van der Waals surface area contributed by atoms with Crippen LogP contribution in [0.1, 0.15) is 30.1 Å². The highest BCUT2D eigenvalue weighted by Crippen LogP contribution is 2.18. The van der Waals surface area contributed by atoms with Gasteiger partial charge in [0, 0.05) is 23.7 Å². The van der Waals surface area contributed by atoms with Crippen LogP contribution in [0.2, 0.25) is 0 Å². The van der Waals surface area contributed by atoms with Crippen LogP contribution in [0, 0.1) is 0 Å². The lowest BCUT2D eigenvalue weighted by molar-refractivity contribution is 0.511. The summed E-state index contributed by atoms with van der Waals surface area (Å²) in [4.78, 5) is 8.92. The van der Waals surface area contributed by atoms with Gasteiger partial charge in [-0.1, -0.05) is 13.0 Å². The minimum absolute atomic E-state index is 0.300. The van der Waals surface area contributed by atoms with Crippen molar-refractivity contribution in [2.24, 2.45) is 0 Å². The third-order valence-electron chi connectivity index (χ3n) is 2.48. The van der Waals surface area contributed by atoms with Crippen molar-refractivity contribution in [2.45, 2.75) is 25.8 Å². The molecule has 0 bridgehead atoms. The summed E-state index contributed by atoms with van der Waals surface area (Å²) in [5.41, 5.74) is 0. The summed E-state index contributed by atoms with van der Waals surface area (Å²) in [6.07, 6.45) is 5.83. The van der Waals surface area contributed by atoms with E-state index in [1.165, 1.54) is 4.88 Å². The van der Waals surface area contributed by atoms with Crippen LogP contribution in [0.5, 0.6) is 0 Å². The number of hydrogen-bond acceptors (Lipinski definition) is 3. The number of H-pyrrole nitrogens is 1. The maximum atomic E-state index is 4.34. The van der Waals surface area contributed by atoms with Crippen LogP contribution in [-0.2, 0) is 6.42 Å². The van der Waals surface area contributed by atoms with Crippen molar-refractivity contribution in [3.8, 4) is 0 Å². The lowest BCUT2D eigenvalue weighted by Gasteiger charge is -2.15. The summed E-state index contributed by atoms with van der Waals surface area (Å²) in [6.45, 7) is 3.20. The highest BCUT2D eigenvalue weighted by atomic mass is 32.1. The van der Waals surface area contributed by atoms with Gasteiger partial charge in [-0.3, -0.25) is 0 Å². The van der Waals surface area contributed by atoms with Crippen LogP contribution in [-0.4, -0.2) is 16.5 Å². The van der Waals surface area contributed by atoms with Crippen LogP contribution >= 0.6 is 11.3 Å². The van der Waals surface area contributed by atoms with E-state index >= 15 is 0 Å². The molecule has 0 saturated carbocycles. The minimum Gasteiger partial charge on any atom is -0.347 e. The molecule has 2 heterocycles. The molecule has 4 heteroatoms. The Labute approximate surface area is 99.9 Å². The van der Waals surface area contributed by atoms with Gasteiger partial charge in [0.2, 0.25) is 0 Å². The second kappa shape index (κ2) is 5.82. The van der Waals surface area contributed by atoms with Crippen molar-refractivity contribution >= 4 is 11.3 Å². The summed E-state index contributed by atoms with van der Waals surface area (Å²) in [5, 5.41) is 5.64. The molecule has 16 heavy (non-hydrogen) atoms. The molecule has 0 fully saturated rings. The molecule has 0 aliphatic heterocycles. The first-order valence-corrected chi connectivity index (χ1v) is 6.53. The number of rotatable bonds is 6. The Kier molecular flexibility index (Phi) is 4.13. The number of nitrogens with zero attached hydrogens (tertiary/aromatic N) is 1. The number of aromatic nitrogens is 2. The van der Waals surface area contributed by atoms with Crippen LogP contribution < -0.4 is 5.32 Å². The molecule has 2 rings (SSSR count). The quantitative estimate of drug-likeness (QED) is 0.808. The molecule has 0 amide bonds. The second-order valence-corrected chi connectivity index (χ2v) is 4.80. The Morgan fingerprint density at radius 1 is 1.56 bits per heavy atom. The van der Waals surface area contributed by atoms with E-state index in [9.17, 15) is 0 Å². The summed E-state index contributed by atoms with van der Waals surface area (Å²) in [6, 6.07) is 4.57. The molecule has 3 nitrogen and oxygen atoms in total. The number of imidazole rings is 1. The fourth-order valence-electron chi connectivity index (χ4n) is 1.68.